The number of hydrogen-bond acceptors (Lipinski definition) is 6. The minimum Gasteiger partial charge on any atom is -0.496 e. The molecular weight excluding hydrogens is 437 g/mol. The van der Waals surface area contributed by atoms with Crippen molar-refractivity contribution in [1.29, 1.82) is 0 Å². The van der Waals surface area contributed by atoms with E-state index in [2.05, 4.69) is 15.3 Å². The second-order valence-corrected chi connectivity index (χ2v) is 8.31. The molecule has 0 unspecified atom stereocenters. The van der Waals surface area contributed by atoms with Crippen LogP contribution in [0.1, 0.15) is 13.9 Å². The van der Waals surface area contributed by atoms with Gasteiger partial charge in [-0.15, -0.1) is 0 Å². The molecule has 1 amide bonds. The zero-order valence-electron chi connectivity index (χ0n) is 18.6. The molecule has 10 heteroatoms. The number of amides is 1. The maximum absolute atomic E-state index is 14.5. The van der Waals surface area contributed by atoms with Crippen LogP contribution in [0.5, 0.6) is 5.75 Å². The normalized spacial score (nSPS) is 19.6. The van der Waals surface area contributed by atoms with E-state index in [1.807, 2.05) is 18.9 Å². The number of piperazine rings is 1. The number of anilines is 2. The smallest absolute Gasteiger partial charge is 0.408 e. The third kappa shape index (κ3) is 3.78. The van der Waals surface area contributed by atoms with Crippen molar-refractivity contribution < 1.29 is 20.4 Å². The van der Waals surface area contributed by atoms with Gasteiger partial charge in [-0.3, -0.25) is 4.90 Å². The minimum absolute atomic E-state index is 0.0277. The lowest BCUT2D eigenvalue weighted by Gasteiger charge is -2.47. The zero-order chi connectivity index (χ0) is 23.8. The Morgan fingerprint density at radius 3 is 2.94 bits per heavy atom. The molecule has 2 heterocycles. The van der Waals surface area contributed by atoms with Crippen LogP contribution in [0.4, 0.5) is 20.7 Å². The maximum atomic E-state index is 14.5. The van der Waals surface area contributed by atoms with Gasteiger partial charge in [-0.05, 0) is 32.2 Å². The lowest BCUT2D eigenvalue weighted by Crippen LogP contribution is -2.59. The number of fused-ring (bicyclic) bond motifs is 1. The second kappa shape index (κ2) is 8.40. The van der Waals surface area contributed by atoms with Crippen molar-refractivity contribution >= 4 is 40.1 Å². The van der Waals surface area contributed by atoms with Crippen molar-refractivity contribution in [3.63, 3.8) is 0 Å². The Kier molecular flexibility index (Phi) is 5.44. The number of nitrogens with zero attached hydrogens (tertiary/aromatic N) is 4. The highest BCUT2D eigenvalue weighted by atomic mass is 35.5. The summed E-state index contributed by atoms with van der Waals surface area (Å²) in [6.07, 6.45) is 0.280. The Labute approximate surface area is 191 Å². The fourth-order valence-corrected chi connectivity index (χ4v) is 4.37. The van der Waals surface area contributed by atoms with Crippen LogP contribution in [-0.2, 0) is 5.54 Å². The molecule has 168 valence electrons. The number of aromatic nitrogens is 2. The number of methoxy groups -OCH3 is 1. The molecule has 3 aromatic rings. The number of likely N-dealkylation sites (N-methyl/N-ethyl adjacent to an activating group) is 1. The SMILES string of the molecule is [2H]COc1cc2ncnc(Nc3cccc(Cl)c3F)c2cc1[C@]1(C)CN(C)CCN1C(=O)O. The van der Waals surface area contributed by atoms with Gasteiger partial charge in [0.2, 0.25) is 0 Å². The van der Waals surface area contributed by atoms with Crippen LogP contribution >= 0.6 is 11.6 Å². The summed E-state index contributed by atoms with van der Waals surface area (Å²) in [4.78, 5) is 24.1. The van der Waals surface area contributed by atoms with E-state index in [1.165, 1.54) is 23.4 Å². The van der Waals surface area contributed by atoms with Crippen molar-refractivity contribution in [1.82, 2.24) is 19.8 Å². The standard InChI is InChI=1S/C22H23ClFN5O3/c1-22(11-28(2)7-8-29(22)21(30)31)14-9-13-17(10-18(14)32-3)25-12-26-20(13)27-16-6-4-5-15(23)19(16)24/h4-6,9-10,12H,7-8,11H2,1-3H3,(H,30,31)(H,25,26,27)/t22-/m0/s1/i3D. The zero-order valence-corrected chi connectivity index (χ0v) is 18.4. The first-order valence-electron chi connectivity index (χ1n) is 10.6. The highest BCUT2D eigenvalue weighted by Gasteiger charge is 2.43. The van der Waals surface area contributed by atoms with E-state index in [-0.39, 0.29) is 17.8 Å². The van der Waals surface area contributed by atoms with E-state index >= 15 is 0 Å². The van der Waals surface area contributed by atoms with Gasteiger partial charge in [0.15, 0.2) is 5.82 Å². The number of halogens is 2. The molecule has 8 nitrogen and oxygen atoms in total. The molecule has 0 saturated carbocycles. The summed E-state index contributed by atoms with van der Waals surface area (Å²) >= 11 is 5.91. The molecule has 0 spiro atoms. The average Bonchev–Trinajstić information content (AvgIpc) is 2.76. The molecule has 32 heavy (non-hydrogen) atoms. The van der Waals surface area contributed by atoms with Gasteiger partial charge in [-0.25, -0.2) is 19.2 Å². The molecule has 0 radical (unpaired) electrons. The summed E-state index contributed by atoms with van der Waals surface area (Å²) in [5.41, 5.74) is 0.245. The van der Waals surface area contributed by atoms with E-state index in [1.54, 1.807) is 18.2 Å². The van der Waals surface area contributed by atoms with Crippen molar-refractivity contribution in [2.75, 3.05) is 39.1 Å². The fourth-order valence-electron chi connectivity index (χ4n) is 4.20. The van der Waals surface area contributed by atoms with Gasteiger partial charge < -0.3 is 20.1 Å². The van der Waals surface area contributed by atoms with Crippen LogP contribution in [0.15, 0.2) is 36.7 Å². The predicted molar refractivity (Wildman–Crippen MR) is 120 cm³/mol. The quantitative estimate of drug-likeness (QED) is 0.599. The van der Waals surface area contributed by atoms with Crippen molar-refractivity contribution in [3.8, 4) is 5.75 Å². The summed E-state index contributed by atoms with van der Waals surface area (Å²) in [6, 6.07) is 8.01. The Morgan fingerprint density at radius 1 is 1.38 bits per heavy atom. The Morgan fingerprint density at radius 2 is 2.19 bits per heavy atom. The molecule has 1 saturated heterocycles. The summed E-state index contributed by atoms with van der Waals surface area (Å²) in [6.45, 7) is 3.14. The first-order chi connectivity index (χ1) is 15.7. The molecule has 2 aromatic carbocycles. The topological polar surface area (TPSA) is 90.8 Å². The maximum Gasteiger partial charge on any atom is 0.408 e. The number of ether oxygens (including phenoxy) is 1. The summed E-state index contributed by atoms with van der Waals surface area (Å²) in [5, 5.41) is 13.4. The van der Waals surface area contributed by atoms with Gasteiger partial charge >= 0.3 is 6.09 Å². The summed E-state index contributed by atoms with van der Waals surface area (Å²) in [5.74, 6) is 0.0767. The molecule has 1 aliphatic rings. The molecule has 0 bridgehead atoms. The minimum atomic E-state index is -1.05. The van der Waals surface area contributed by atoms with Crippen LogP contribution in [0.3, 0.4) is 0 Å². The molecule has 1 aromatic heterocycles. The molecule has 4 rings (SSSR count). The molecule has 2 N–H and O–H groups in total. The predicted octanol–water partition coefficient (Wildman–Crippen LogP) is 4.32. The van der Waals surface area contributed by atoms with Gasteiger partial charge in [0, 0.05) is 36.7 Å². The number of carboxylic acid groups (broad SMARTS) is 1. The number of carbonyl (C=O) groups is 1. The van der Waals surface area contributed by atoms with Crippen LogP contribution in [0.25, 0.3) is 10.9 Å². The summed E-state index contributed by atoms with van der Waals surface area (Å²) < 4.78 is 27.7. The van der Waals surface area contributed by atoms with E-state index < -0.39 is 17.4 Å². The van der Waals surface area contributed by atoms with Gasteiger partial charge in [0.05, 0.1) is 30.2 Å². The lowest BCUT2D eigenvalue weighted by atomic mass is 9.86. The molecule has 1 atom stereocenters. The van der Waals surface area contributed by atoms with Crippen molar-refractivity contribution in [3.05, 3.63) is 53.1 Å². The van der Waals surface area contributed by atoms with E-state index in [9.17, 15) is 14.3 Å². The monoisotopic (exact) mass is 460 g/mol. The Balaban J connectivity index is 1.90. The second-order valence-electron chi connectivity index (χ2n) is 7.90. The fraction of sp³-hybridized carbons (Fsp3) is 0.318. The molecule has 1 fully saturated rings. The van der Waals surface area contributed by atoms with Crippen LogP contribution in [0.2, 0.25) is 5.02 Å². The highest BCUT2D eigenvalue weighted by molar-refractivity contribution is 6.31. The number of benzene rings is 2. The third-order valence-electron chi connectivity index (χ3n) is 5.79. The van der Waals surface area contributed by atoms with Crippen LogP contribution in [0, 0.1) is 5.82 Å². The molecule has 0 aliphatic carbocycles. The summed E-state index contributed by atoms with van der Waals surface area (Å²) in [7, 11) is 1.57. The molecule has 1 aliphatic heterocycles. The number of hydrogen-bond donors (Lipinski definition) is 2. The third-order valence-corrected chi connectivity index (χ3v) is 6.08. The highest BCUT2D eigenvalue weighted by Crippen LogP contribution is 2.41. The Bertz CT molecular complexity index is 1220. The van der Waals surface area contributed by atoms with E-state index in [0.717, 1.165) is 0 Å². The first-order valence-corrected chi connectivity index (χ1v) is 10.2. The van der Waals surface area contributed by atoms with Crippen LogP contribution in [-0.4, -0.2) is 64.7 Å². The largest absolute Gasteiger partial charge is 0.496 e. The number of rotatable bonds is 4. The van der Waals surface area contributed by atoms with Gasteiger partial charge in [-0.2, -0.15) is 0 Å². The first kappa shape index (κ1) is 20.7. The van der Waals surface area contributed by atoms with Crippen LogP contribution < -0.4 is 10.1 Å². The van der Waals surface area contributed by atoms with Gasteiger partial charge in [-0.1, -0.05) is 17.7 Å². The lowest BCUT2D eigenvalue weighted by molar-refractivity contribution is 0.0220. The van der Waals surface area contributed by atoms with Crippen molar-refractivity contribution in [2.45, 2.75) is 12.5 Å². The van der Waals surface area contributed by atoms with E-state index in [0.29, 0.717) is 47.7 Å². The molecular formula is C22H23ClFN5O3. The van der Waals surface area contributed by atoms with Crippen molar-refractivity contribution in [2.24, 2.45) is 0 Å². The average molecular weight is 461 g/mol. The van der Waals surface area contributed by atoms with Gasteiger partial charge in [0.1, 0.15) is 17.9 Å². The Hall–Kier alpha value is -3.17. The van der Waals surface area contributed by atoms with Gasteiger partial charge in [0.25, 0.3) is 0 Å². The number of nitrogens with one attached hydrogen (secondary N) is 1. The van der Waals surface area contributed by atoms with E-state index in [4.69, 9.17) is 17.7 Å².